The Morgan fingerprint density at radius 2 is 1.88 bits per heavy atom. The minimum Gasteiger partial charge on any atom is -0.444 e. The van der Waals surface area contributed by atoms with Crippen molar-refractivity contribution in [1.29, 1.82) is 0 Å². The summed E-state index contributed by atoms with van der Waals surface area (Å²) in [5, 5.41) is 8.31. The molecule has 2 aromatic carbocycles. The lowest BCUT2D eigenvalue weighted by atomic mass is 10.1. The van der Waals surface area contributed by atoms with Crippen LogP contribution in [-0.2, 0) is 20.9 Å². The maximum atomic E-state index is 14.2. The molecule has 3 aromatic rings. The number of hydrogen-bond donors (Lipinski definition) is 3. The Bertz CT molecular complexity index is 1550. The molecule has 10 nitrogen and oxygen atoms in total. The molecule has 43 heavy (non-hydrogen) atoms. The number of rotatable bonds is 9. The number of fused-ring (bicyclic) bond motifs is 1. The SMILES string of the molecule is CCCNC(=O)CC(NC(=O)OC(C)(C)C)C(=O)N1C=Cn2c(nc(-c3cccc(F)c3)c2Nc2ccc(Cl)c(F)c2)C1. The van der Waals surface area contributed by atoms with Crippen molar-refractivity contribution in [2.75, 3.05) is 11.9 Å². The molecule has 1 aliphatic heterocycles. The average molecular weight is 615 g/mol. The number of halogens is 3. The number of anilines is 2. The van der Waals surface area contributed by atoms with Crippen molar-refractivity contribution in [2.24, 2.45) is 0 Å². The predicted octanol–water partition coefficient (Wildman–Crippen LogP) is 5.81. The number of benzene rings is 2. The summed E-state index contributed by atoms with van der Waals surface area (Å²) in [6.45, 7) is 7.33. The minimum atomic E-state index is -1.23. The van der Waals surface area contributed by atoms with Crippen LogP contribution in [0.1, 0.15) is 46.4 Å². The largest absolute Gasteiger partial charge is 0.444 e. The van der Waals surface area contributed by atoms with E-state index in [1.807, 2.05) is 6.92 Å². The first-order chi connectivity index (χ1) is 20.3. The molecule has 4 rings (SSSR count). The van der Waals surface area contributed by atoms with Gasteiger partial charge in [-0.15, -0.1) is 0 Å². The van der Waals surface area contributed by atoms with Gasteiger partial charge in [0.15, 0.2) is 0 Å². The van der Waals surface area contributed by atoms with E-state index in [4.69, 9.17) is 16.3 Å². The van der Waals surface area contributed by atoms with Crippen molar-refractivity contribution in [2.45, 2.75) is 58.7 Å². The molecule has 0 saturated carbocycles. The van der Waals surface area contributed by atoms with Crippen LogP contribution in [0, 0.1) is 11.6 Å². The van der Waals surface area contributed by atoms with E-state index in [1.54, 1.807) is 43.7 Å². The van der Waals surface area contributed by atoms with Gasteiger partial charge < -0.3 is 25.6 Å². The summed E-state index contributed by atoms with van der Waals surface area (Å²) in [5.74, 6) is -1.29. The maximum Gasteiger partial charge on any atom is 0.408 e. The van der Waals surface area contributed by atoms with Gasteiger partial charge in [0.25, 0.3) is 0 Å². The molecule has 0 aliphatic carbocycles. The molecular weight excluding hydrogens is 582 g/mol. The summed E-state index contributed by atoms with van der Waals surface area (Å²) in [7, 11) is 0. The fraction of sp³-hybridized carbons (Fsp3) is 0.333. The topological polar surface area (TPSA) is 118 Å². The molecule has 1 atom stereocenters. The lowest BCUT2D eigenvalue weighted by Crippen LogP contribution is -2.50. The number of carbonyl (C=O) groups excluding carboxylic acids is 3. The van der Waals surface area contributed by atoms with Gasteiger partial charge in [0.2, 0.25) is 11.8 Å². The number of ether oxygens (including phenoxy) is 1. The fourth-order valence-corrected chi connectivity index (χ4v) is 4.41. The van der Waals surface area contributed by atoms with Crippen molar-refractivity contribution in [1.82, 2.24) is 25.1 Å². The summed E-state index contributed by atoms with van der Waals surface area (Å²) < 4.78 is 35.4. The highest BCUT2D eigenvalue weighted by Crippen LogP contribution is 2.34. The molecule has 1 unspecified atom stereocenters. The van der Waals surface area contributed by atoms with E-state index in [1.165, 1.54) is 41.4 Å². The molecule has 2 heterocycles. The summed E-state index contributed by atoms with van der Waals surface area (Å²) >= 11 is 5.84. The second-order valence-corrected chi connectivity index (χ2v) is 11.3. The van der Waals surface area contributed by atoms with Crippen LogP contribution in [0.2, 0.25) is 5.02 Å². The van der Waals surface area contributed by atoms with Gasteiger partial charge in [0.05, 0.1) is 18.0 Å². The number of imidazole rings is 1. The highest BCUT2D eigenvalue weighted by atomic mass is 35.5. The third kappa shape index (κ3) is 8.10. The van der Waals surface area contributed by atoms with Crippen molar-refractivity contribution >= 4 is 47.2 Å². The van der Waals surface area contributed by atoms with Crippen LogP contribution in [0.3, 0.4) is 0 Å². The van der Waals surface area contributed by atoms with E-state index in [-0.39, 0.29) is 18.0 Å². The van der Waals surface area contributed by atoms with Gasteiger partial charge in [-0.1, -0.05) is 30.7 Å². The molecule has 0 spiro atoms. The Morgan fingerprint density at radius 3 is 2.56 bits per heavy atom. The van der Waals surface area contributed by atoms with Crippen molar-refractivity contribution in [3.63, 3.8) is 0 Å². The summed E-state index contributed by atoms with van der Waals surface area (Å²) in [6, 6.07) is 8.80. The molecule has 0 saturated heterocycles. The quantitative estimate of drug-likeness (QED) is 0.280. The van der Waals surface area contributed by atoms with E-state index in [2.05, 4.69) is 20.9 Å². The van der Waals surface area contributed by atoms with Crippen LogP contribution >= 0.6 is 11.6 Å². The summed E-state index contributed by atoms with van der Waals surface area (Å²) in [5.41, 5.74) is 0.351. The minimum absolute atomic E-state index is 0.0433. The Hall–Kier alpha value is -4.45. The molecule has 3 N–H and O–H groups in total. The van der Waals surface area contributed by atoms with Crippen LogP contribution in [0.5, 0.6) is 0 Å². The number of amides is 3. The van der Waals surface area contributed by atoms with Crippen LogP contribution in [0.25, 0.3) is 17.5 Å². The first kappa shape index (κ1) is 31.5. The Balaban J connectivity index is 1.65. The van der Waals surface area contributed by atoms with Crippen LogP contribution in [0.4, 0.5) is 25.1 Å². The number of aromatic nitrogens is 2. The first-order valence-electron chi connectivity index (χ1n) is 13.7. The third-order valence-electron chi connectivity index (χ3n) is 6.21. The molecule has 0 fully saturated rings. The molecule has 1 aromatic heterocycles. The molecule has 0 radical (unpaired) electrons. The zero-order valence-corrected chi connectivity index (χ0v) is 25.0. The van der Waals surface area contributed by atoms with Crippen molar-refractivity contribution in [3.05, 3.63) is 71.1 Å². The number of carbonyl (C=O) groups is 3. The van der Waals surface area contributed by atoms with E-state index in [9.17, 15) is 23.2 Å². The summed E-state index contributed by atoms with van der Waals surface area (Å²) in [6.07, 6.45) is 2.59. The third-order valence-corrected chi connectivity index (χ3v) is 6.51. The smallest absolute Gasteiger partial charge is 0.408 e. The van der Waals surface area contributed by atoms with Gasteiger partial charge >= 0.3 is 6.09 Å². The standard InChI is InChI=1S/C30H33ClF2N6O4/c1-5-11-34-25(40)16-23(36-29(42)43-30(2,3)4)28(41)38-12-13-39-24(17-38)37-26(18-7-6-8-19(32)14-18)27(39)35-20-9-10-21(31)22(33)15-20/h6-10,12-15,23,35H,5,11,16-17H2,1-4H3,(H,34,40)(H,36,42). The number of hydrogen-bond acceptors (Lipinski definition) is 6. The monoisotopic (exact) mass is 614 g/mol. The van der Waals surface area contributed by atoms with E-state index < -0.39 is 41.2 Å². The normalized spacial score (nSPS) is 13.2. The van der Waals surface area contributed by atoms with Crippen molar-refractivity contribution in [3.8, 4) is 11.3 Å². The fourth-order valence-electron chi connectivity index (χ4n) is 4.29. The highest BCUT2D eigenvalue weighted by molar-refractivity contribution is 6.30. The number of alkyl carbamates (subject to hydrolysis) is 1. The van der Waals surface area contributed by atoms with Crippen LogP contribution in [0.15, 0.2) is 48.7 Å². The zero-order valence-electron chi connectivity index (χ0n) is 24.2. The lowest BCUT2D eigenvalue weighted by molar-refractivity contribution is -0.134. The number of nitrogens with one attached hydrogen (secondary N) is 3. The van der Waals surface area contributed by atoms with Gasteiger partial charge in [-0.3, -0.25) is 14.2 Å². The first-order valence-corrected chi connectivity index (χ1v) is 14.1. The average Bonchev–Trinajstić information content (AvgIpc) is 3.29. The van der Waals surface area contributed by atoms with Gasteiger partial charge in [-0.05, 0) is 57.5 Å². The molecule has 3 amide bonds. The Morgan fingerprint density at radius 1 is 1.12 bits per heavy atom. The zero-order chi connectivity index (χ0) is 31.3. The highest BCUT2D eigenvalue weighted by Gasteiger charge is 2.32. The van der Waals surface area contributed by atoms with Crippen LogP contribution < -0.4 is 16.0 Å². The van der Waals surface area contributed by atoms with E-state index in [0.29, 0.717) is 41.6 Å². The van der Waals surface area contributed by atoms with E-state index in [0.717, 1.165) is 0 Å². The Kier molecular flexibility index (Phi) is 9.70. The molecule has 13 heteroatoms. The summed E-state index contributed by atoms with van der Waals surface area (Å²) in [4.78, 5) is 44.7. The molecular formula is C30H33ClF2N6O4. The second-order valence-electron chi connectivity index (χ2n) is 10.9. The molecule has 228 valence electrons. The molecule has 0 bridgehead atoms. The second kappa shape index (κ2) is 13.2. The van der Waals surface area contributed by atoms with Crippen LogP contribution in [-0.4, -0.2) is 50.5 Å². The van der Waals surface area contributed by atoms with Gasteiger partial charge in [0.1, 0.15) is 40.6 Å². The Labute approximate surface area is 253 Å². The maximum absolute atomic E-state index is 14.2. The van der Waals surface area contributed by atoms with Gasteiger partial charge in [-0.2, -0.15) is 0 Å². The predicted molar refractivity (Wildman–Crippen MR) is 159 cm³/mol. The van der Waals surface area contributed by atoms with E-state index >= 15 is 0 Å². The van der Waals surface area contributed by atoms with Gasteiger partial charge in [0, 0.05) is 30.2 Å². The number of nitrogens with zero attached hydrogens (tertiary/aromatic N) is 3. The molecule has 1 aliphatic rings. The van der Waals surface area contributed by atoms with Crippen molar-refractivity contribution < 1.29 is 27.9 Å². The lowest BCUT2D eigenvalue weighted by Gasteiger charge is -2.28. The van der Waals surface area contributed by atoms with Gasteiger partial charge in [-0.25, -0.2) is 18.6 Å².